The van der Waals surface area contributed by atoms with E-state index < -0.39 is 83.2 Å². The van der Waals surface area contributed by atoms with Gasteiger partial charge < -0.3 is 43.5 Å². The fourth-order valence-electron chi connectivity index (χ4n) is 9.15. The number of ketones is 1. The molecule has 3 fully saturated rings. The molecule has 5 unspecified atom stereocenters. The van der Waals surface area contributed by atoms with Crippen LogP contribution in [0.4, 0.5) is 0 Å². The second-order valence-corrected chi connectivity index (χ2v) is 17.7. The van der Waals surface area contributed by atoms with Crippen LogP contribution in [-0.2, 0) is 38.1 Å². The van der Waals surface area contributed by atoms with Gasteiger partial charge in [-0.15, -0.1) is 0 Å². The summed E-state index contributed by atoms with van der Waals surface area (Å²) in [6, 6.07) is 16.7. The van der Waals surface area contributed by atoms with Gasteiger partial charge >= 0.3 is 5.97 Å². The Morgan fingerprint density at radius 1 is 0.967 bits per heavy atom. The third kappa shape index (κ3) is 11.0. The number of carbonyl (C=O) groups is 3. The van der Waals surface area contributed by atoms with Crippen molar-refractivity contribution >= 4 is 29.4 Å². The second kappa shape index (κ2) is 19.9. The maximum Gasteiger partial charge on any atom is 0.316 e. The minimum Gasteiger partial charge on any atom is -0.459 e. The van der Waals surface area contributed by atoms with E-state index in [0.29, 0.717) is 29.2 Å². The topological polar surface area (TPSA) is 163 Å². The fourth-order valence-corrected chi connectivity index (χ4v) is 9.15. The summed E-state index contributed by atoms with van der Waals surface area (Å²) >= 11 is 0. The van der Waals surface area contributed by atoms with Crippen molar-refractivity contribution in [3.63, 3.8) is 0 Å². The zero-order chi connectivity index (χ0) is 44.1. The Hall–Kier alpha value is -3.82. The first-order valence-corrected chi connectivity index (χ1v) is 21.2. The molecule has 0 saturated carbocycles. The van der Waals surface area contributed by atoms with Crippen molar-refractivity contribution in [1.82, 2.24) is 4.90 Å². The molecule has 3 aliphatic heterocycles. The van der Waals surface area contributed by atoms with E-state index in [4.69, 9.17) is 28.4 Å². The lowest BCUT2D eigenvalue weighted by atomic mass is 9.73. The van der Waals surface area contributed by atoms with Crippen LogP contribution in [0.25, 0.3) is 6.08 Å². The quantitative estimate of drug-likeness (QED) is 0.233. The summed E-state index contributed by atoms with van der Waals surface area (Å²) in [7, 11) is 3.76. The SMILES string of the molecule is CC[C@H]1OC(=O)[C@H](C)C(=O)[C@H](C)C(O[C@@H]2O[C@H](C)C[C@H](N(C)C)C2O)[C@@]2(C)CC(C)C(=NC(C)=O)C(C)C(OC/C(=C/c3ccc(Oc4ccccc4)cc3)CO2)[C@]1(C)O. The van der Waals surface area contributed by atoms with Crippen LogP contribution in [0.15, 0.2) is 65.2 Å². The predicted octanol–water partition coefficient (Wildman–Crippen LogP) is 6.43. The van der Waals surface area contributed by atoms with Gasteiger partial charge in [0.25, 0.3) is 0 Å². The number of aliphatic hydroxyl groups excluding tert-OH is 1. The average molecular weight is 835 g/mol. The van der Waals surface area contributed by atoms with Crippen molar-refractivity contribution in [2.45, 2.75) is 136 Å². The van der Waals surface area contributed by atoms with Crippen molar-refractivity contribution < 1.29 is 53.0 Å². The lowest BCUT2D eigenvalue weighted by Gasteiger charge is -2.47. The van der Waals surface area contributed by atoms with E-state index in [-0.39, 0.29) is 38.2 Å². The normalized spacial score (nSPS) is 37.5. The number of carbonyl (C=O) groups excluding carboxylic acids is 3. The van der Waals surface area contributed by atoms with E-state index in [1.807, 2.05) is 107 Å². The molecule has 2 N–H and O–H groups in total. The summed E-state index contributed by atoms with van der Waals surface area (Å²) < 4.78 is 38.9. The Morgan fingerprint density at radius 2 is 1.62 bits per heavy atom. The standard InChI is InChI=1S/C47H66N2O11/c1-12-38-47(9,54)43-29(4)39(48-32(7)50)27(2)24-46(8,56-26-34(25-55-43)23-33-18-20-36(21-19-33)58-35-16-14-13-15-17-35)42(30(5)40(51)31(6)44(53)59-38)60-45-41(52)37(49(10)11)22-28(3)57-45/h13-21,23,27-31,37-38,41-43,45,52,54H,12,22,24-26H2,1-11H3/b34-23-,48-39?/t27?,28-,29?,30+,31-,37+,38-,41?,42?,43?,45+,46-,47-/m1/s1. The molecule has 5 rings (SSSR count). The molecule has 2 bridgehead atoms. The Balaban J connectivity index is 1.69. The second-order valence-electron chi connectivity index (χ2n) is 17.7. The van der Waals surface area contributed by atoms with E-state index in [9.17, 15) is 24.6 Å². The number of nitrogens with zero attached hydrogens (tertiary/aromatic N) is 2. The molecule has 3 saturated heterocycles. The highest BCUT2D eigenvalue weighted by Gasteiger charge is 2.53. The predicted molar refractivity (Wildman–Crippen MR) is 228 cm³/mol. The number of aliphatic imine (C=N–C) groups is 1. The first-order valence-electron chi connectivity index (χ1n) is 21.2. The molecule has 13 atom stereocenters. The first kappa shape index (κ1) is 47.2. The molecule has 1 amide bonds. The van der Waals surface area contributed by atoms with Gasteiger partial charge in [-0.2, -0.15) is 0 Å². The maximum atomic E-state index is 14.6. The highest BCUT2D eigenvalue weighted by molar-refractivity contribution is 6.00. The minimum atomic E-state index is -1.81. The summed E-state index contributed by atoms with van der Waals surface area (Å²) in [5.41, 5.74) is -1.18. The van der Waals surface area contributed by atoms with Gasteiger partial charge in [0, 0.05) is 30.5 Å². The molecule has 2 aromatic rings. The molecule has 60 heavy (non-hydrogen) atoms. The van der Waals surface area contributed by atoms with Crippen LogP contribution in [0.3, 0.4) is 0 Å². The maximum absolute atomic E-state index is 14.6. The molecule has 13 nitrogen and oxygen atoms in total. The summed E-state index contributed by atoms with van der Waals surface area (Å²) in [5, 5.41) is 24.2. The number of ether oxygens (including phenoxy) is 6. The Kier molecular flexibility index (Phi) is 15.7. The van der Waals surface area contributed by atoms with Gasteiger partial charge in [0.2, 0.25) is 5.91 Å². The van der Waals surface area contributed by atoms with Gasteiger partial charge in [-0.1, -0.05) is 64.1 Å². The smallest absolute Gasteiger partial charge is 0.316 e. The van der Waals surface area contributed by atoms with Gasteiger partial charge in [0.1, 0.15) is 35.2 Å². The number of para-hydroxylation sites is 1. The van der Waals surface area contributed by atoms with Crippen LogP contribution in [-0.4, -0.2) is 120 Å². The van der Waals surface area contributed by atoms with Crippen molar-refractivity contribution in [2.24, 2.45) is 28.7 Å². The van der Waals surface area contributed by atoms with Crippen molar-refractivity contribution in [2.75, 3.05) is 27.3 Å². The van der Waals surface area contributed by atoms with Gasteiger partial charge in [0.15, 0.2) is 12.1 Å². The summed E-state index contributed by atoms with van der Waals surface area (Å²) in [5.74, 6) is -3.75. The molecule has 0 radical (unpaired) electrons. The van der Waals surface area contributed by atoms with Crippen LogP contribution in [0.2, 0.25) is 0 Å². The number of fused-ring (bicyclic) bond motifs is 5. The van der Waals surface area contributed by atoms with Gasteiger partial charge in [-0.05, 0) is 102 Å². The van der Waals surface area contributed by atoms with Crippen LogP contribution >= 0.6 is 0 Å². The van der Waals surface area contributed by atoms with Crippen LogP contribution in [0.5, 0.6) is 11.5 Å². The Bertz CT molecular complexity index is 1850. The van der Waals surface area contributed by atoms with E-state index in [0.717, 1.165) is 5.56 Å². The summed E-state index contributed by atoms with van der Waals surface area (Å²) in [6.45, 7) is 15.4. The molecule has 0 aliphatic carbocycles. The van der Waals surface area contributed by atoms with Crippen LogP contribution < -0.4 is 4.74 Å². The lowest BCUT2D eigenvalue weighted by molar-refractivity contribution is -0.296. The van der Waals surface area contributed by atoms with Gasteiger partial charge in [0.05, 0.1) is 37.1 Å². The van der Waals surface area contributed by atoms with Gasteiger partial charge in [-0.25, -0.2) is 4.99 Å². The molecule has 3 aliphatic rings. The summed E-state index contributed by atoms with van der Waals surface area (Å²) in [4.78, 5) is 47.8. The van der Waals surface area contributed by atoms with Crippen LogP contribution in [0, 0.1) is 23.7 Å². The number of benzene rings is 2. The van der Waals surface area contributed by atoms with E-state index in [1.165, 1.54) is 13.8 Å². The lowest BCUT2D eigenvalue weighted by Crippen LogP contribution is -2.60. The van der Waals surface area contributed by atoms with Crippen LogP contribution in [0.1, 0.15) is 87.1 Å². The molecular formula is C47H66N2O11. The third-order valence-electron chi connectivity index (χ3n) is 12.4. The van der Waals surface area contributed by atoms with Crippen molar-refractivity contribution in [3.05, 3.63) is 65.7 Å². The zero-order valence-electron chi connectivity index (χ0n) is 37.1. The molecule has 3 heterocycles. The number of amides is 1. The monoisotopic (exact) mass is 834 g/mol. The molecule has 2 aromatic carbocycles. The highest BCUT2D eigenvalue weighted by atomic mass is 16.7. The highest BCUT2D eigenvalue weighted by Crippen LogP contribution is 2.41. The molecule has 0 spiro atoms. The summed E-state index contributed by atoms with van der Waals surface area (Å²) in [6.07, 6.45) is -2.88. The number of hydrogen-bond acceptors (Lipinski definition) is 12. The van der Waals surface area contributed by atoms with Crippen molar-refractivity contribution in [3.8, 4) is 11.5 Å². The Labute approximate surface area is 355 Å². The van der Waals surface area contributed by atoms with E-state index in [2.05, 4.69) is 4.99 Å². The molecule has 0 aromatic heterocycles. The van der Waals surface area contributed by atoms with E-state index in [1.54, 1.807) is 20.8 Å². The number of esters is 1. The molecule has 13 heteroatoms. The average Bonchev–Trinajstić information content (AvgIpc) is 3.21. The number of Topliss-reactive ketones (excluding diaryl/α,β-unsaturated/α-hetero) is 1. The Morgan fingerprint density at radius 3 is 2.23 bits per heavy atom. The van der Waals surface area contributed by atoms with Gasteiger partial charge in [-0.3, -0.25) is 14.4 Å². The zero-order valence-corrected chi connectivity index (χ0v) is 37.1. The number of rotatable bonds is 7. The number of cyclic esters (lactones) is 1. The number of aliphatic hydroxyl groups is 2. The first-order chi connectivity index (χ1) is 28.2. The number of hydrogen-bond donors (Lipinski definition) is 2. The third-order valence-corrected chi connectivity index (χ3v) is 12.4. The fraction of sp³-hybridized carbons (Fsp3) is 0.617. The van der Waals surface area contributed by atoms with Crippen molar-refractivity contribution in [1.29, 1.82) is 0 Å². The number of likely N-dealkylation sites (N-methyl/N-ethyl adjacent to an activating group) is 1. The molecular weight excluding hydrogens is 769 g/mol. The minimum absolute atomic E-state index is 0.00167. The van der Waals surface area contributed by atoms with E-state index >= 15 is 0 Å². The molecule has 330 valence electrons. The largest absolute Gasteiger partial charge is 0.459 e.